The molecule has 0 aromatic heterocycles. The van der Waals surface area contributed by atoms with E-state index in [1.807, 2.05) is 0 Å². The van der Waals surface area contributed by atoms with Crippen molar-refractivity contribution in [1.29, 1.82) is 0 Å². The highest BCUT2D eigenvalue weighted by molar-refractivity contribution is 7.68. The second kappa shape index (κ2) is 4.60. The normalized spacial score (nSPS) is 10.0. The molecule has 0 fully saturated rings. The number of hydrogen-bond acceptors (Lipinski definition) is 0. The van der Waals surface area contributed by atoms with Crippen LogP contribution in [0.25, 0.3) is 0 Å². The summed E-state index contributed by atoms with van der Waals surface area (Å²) in [5, 5.41) is 0. The van der Waals surface area contributed by atoms with Gasteiger partial charge in [-0.25, -0.2) is 0 Å². The fourth-order valence-corrected chi connectivity index (χ4v) is 11.5. The van der Waals surface area contributed by atoms with Crippen LogP contribution in [0.5, 0.6) is 0 Å². The summed E-state index contributed by atoms with van der Waals surface area (Å²) in [5.41, 5.74) is 0. The third kappa shape index (κ3) is 5.45. The average Bonchev–Trinajstić information content (AvgIpc) is 1.35. The molecule has 0 N–H and O–H groups in total. The van der Waals surface area contributed by atoms with Crippen LogP contribution in [0.4, 0.5) is 0 Å². The van der Waals surface area contributed by atoms with Gasteiger partial charge in [-0.15, -0.1) is 0 Å². The monoisotopic (exact) mass is 182 g/mol. The first-order chi connectivity index (χ1) is 2.77. The van der Waals surface area contributed by atoms with Crippen molar-refractivity contribution < 1.29 is 0 Å². The maximum atomic E-state index is 5.43. The molecule has 0 atom stereocenters. The molecule has 0 bridgehead atoms. The van der Waals surface area contributed by atoms with E-state index >= 15 is 0 Å². The van der Waals surface area contributed by atoms with Gasteiger partial charge in [0.05, 0.1) is 8.55 Å². The standard InChI is InChI=1S/Cl2Si4/c1-6(2)5-4-3. The fourth-order valence-electron chi connectivity index (χ4n) is 0.0472. The molecule has 30 valence electrons. The lowest BCUT2D eigenvalue weighted by Crippen LogP contribution is -2.15. The van der Waals surface area contributed by atoms with Crippen molar-refractivity contribution in [1.82, 2.24) is 0 Å². The van der Waals surface area contributed by atoms with Crippen LogP contribution in [0.3, 0.4) is 0 Å². The molecule has 0 nitrogen and oxygen atoms in total. The van der Waals surface area contributed by atoms with Gasteiger partial charge in [0.15, 0.2) is 0 Å². The van der Waals surface area contributed by atoms with Gasteiger partial charge in [-0.05, 0) is 0 Å². The lowest BCUT2D eigenvalue weighted by atomic mass is 26.4. The third-order valence-corrected chi connectivity index (χ3v) is 12.7. The van der Waals surface area contributed by atoms with Gasteiger partial charge < -0.3 is 0 Å². The second-order valence-electron chi connectivity index (χ2n) is 0.510. The molecular formula is Cl2Si4. The van der Waals surface area contributed by atoms with Crippen LogP contribution >= 0.6 is 22.2 Å². The zero-order valence-electron chi connectivity index (χ0n) is 2.76. The van der Waals surface area contributed by atoms with Crippen molar-refractivity contribution in [3.05, 3.63) is 0 Å². The van der Waals surface area contributed by atoms with Gasteiger partial charge in [0, 0.05) is 18.3 Å². The molecule has 0 aromatic carbocycles. The quantitative estimate of drug-likeness (QED) is 0.413. The van der Waals surface area contributed by atoms with E-state index in [9.17, 15) is 0 Å². The van der Waals surface area contributed by atoms with E-state index in [4.69, 9.17) is 22.2 Å². The summed E-state index contributed by atoms with van der Waals surface area (Å²) < 4.78 is 0. The maximum Gasteiger partial charge on any atom is 0.249 e. The van der Waals surface area contributed by atoms with Gasteiger partial charge in [0.1, 0.15) is 0 Å². The van der Waals surface area contributed by atoms with Crippen molar-refractivity contribution in [2.24, 2.45) is 0 Å². The van der Waals surface area contributed by atoms with Crippen molar-refractivity contribution in [3.63, 3.8) is 0 Å². The summed E-state index contributed by atoms with van der Waals surface area (Å²) in [6.07, 6.45) is 0. The van der Waals surface area contributed by atoms with E-state index in [1.54, 1.807) is 0 Å². The molecule has 0 aliphatic heterocycles. The highest BCUT2D eigenvalue weighted by atomic mass is 35.7. The van der Waals surface area contributed by atoms with E-state index in [0.717, 1.165) is 17.1 Å². The largest absolute Gasteiger partial charge is 0.249 e. The molecule has 0 saturated heterocycles. The minimum absolute atomic E-state index is 0.745. The van der Waals surface area contributed by atoms with Crippen LogP contribution in [-0.2, 0) is 0 Å². The molecule has 0 aromatic rings. The van der Waals surface area contributed by atoms with Crippen LogP contribution in [0, 0.1) is 0 Å². The smallest absolute Gasteiger partial charge is 0.152 e. The molecule has 0 rings (SSSR count). The lowest BCUT2D eigenvalue weighted by molar-refractivity contribution is 3.87. The van der Waals surface area contributed by atoms with Crippen LogP contribution < -0.4 is 0 Å². The first-order valence-corrected chi connectivity index (χ1v) is 10.2. The molecule has 6 heteroatoms. The number of rotatable bonds is 2. The summed E-state index contributed by atoms with van der Waals surface area (Å²) in [6, 6.07) is 0. The van der Waals surface area contributed by atoms with E-state index in [0.29, 0.717) is 0 Å². The Morgan fingerprint density at radius 3 is 2.00 bits per heavy atom. The molecule has 8 radical (unpaired) electrons. The predicted molar refractivity (Wildman–Crippen MR) is 34.7 cm³/mol. The minimum atomic E-state index is -0.950. The highest BCUT2D eigenvalue weighted by Gasteiger charge is 1.99. The minimum Gasteiger partial charge on any atom is -0.152 e. The first kappa shape index (κ1) is 7.45. The van der Waals surface area contributed by atoms with E-state index in [1.165, 1.54) is 0 Å². The SMILES string of the molecule is [Si][Si][Si][Si](Cl)Cl. The van der Waals surface area contributed by atoms with Crippen LogP contribution in [0.15, 0.2) is 0 Å². The Labute approximate surface area is 56.1 Å². The summed E-state index contributed by atoms with van der Waals surface area (Å²) in [4.78, 5) is 0. The zero-order valence-corrected chi connectivity index (χ0v) is 8.27. The summed E-state index contributed by atoms with van der Waals surface area (Å²) in [6.45, 7) is -0.950. The van der Waals surface area contributed by atoms with Gasteiger partial charge in [-0.2, -0.15) is 22.2 Å². The zero-order chi connectivity index (χ0) is 4.99. The molecule has 0 saturated carbocycles. The first-order valence-electron chi connectivity index (χ1n) is 1.13. The maximum absolute atomic E-state index is 5.43. The van der Waals surface area contributed by atoms with Crippen LogP contribution in [0.2, 0.25) is 0 Å². The van der Waals surface area contributed by atoms with Crippen LogP contribution in [-0.4, -0.2) is 33.8 Å². The van der Waals surface area contributed by atoms with Crippen molar-refractivity contribution >= 4 is 56.0 Å². The Kier molecular flexibility index (Phi) is 5.71. The van der Waals surface area contributed by atoms with E-state index < -0.39 is 6.93 Å². The molecule has 0 unspecified atom stereocenters. The predicted octanol–water partition coefficient (Wildman–Crippen LogP) is -0.144. The Morgan fingerprint density at radius 1 is 1.50 bits per heavy atom. The van der Waals surface area contributed by atoms with Crippen molar-refractivity contribution in [3.8, 4) is 0 Å². The topological polar surface area (TPSA) is 0 Å². The van der Waals surface area contributed by atoms with Gasteiger partial charge in [-0.3, -0.25) is 0 Å². The average molecular weight is 183 g/mol. The number of halogens is 2. The Morgan fingerprint density at radius 2 is 2.00 bits per heavy atom. The summed E-state index contributed by atoms with van der Waals surface area (Å²) >= 11 is 10.9. The molecule has 6 heavy (non-hydrogen) atoms. The lowest BCUT2D eigenvalue weighted by Gasteiger charge is -1.83. The second-order valence-corrected chi connectivity index (χ2v) is 13.8. The van der Waals surface area contributed by atoms with Gasteiger partial charge in [0.2, 0.25) is 6.93 Å². The highest BCUT2D eigenvalue weighted by Crippen LogP contribution is 1.88. The van der Waals surface area contributed by atoms with Crippen LogP contribution in [0.1, 0.15) is 0 Å². The summed E-state index contributed by atoms with van der Waals surface area (Å²) in [7, 11) is 4.79. The summed E-state index contributed by atoms with van der Waals surface area (Å²) in [5.74, 6) is 0. The Bertz CT molecular complexity index is 26.7. The Balaban J connectivity index is 2.63. The third-order valence-electron chi connectivity index (χ3n) is 0.157. The Hall–Kier alpha value is 1.45. The van der Waals surface area contributed by atoms with E-state index in [2.05, 4.69) is 9.76 Å². The molecule has 0 heterocycles. The molecular weight excluding hydrogens is 183 g/mol. The van der Waals surface area contributed by atoms with Gasteiger partial charge >= 0.3 is 0 Å². The fraction of sp³-hybridized carbons (Fsp3) is 0. The molecule has 0 aliphatic carbocycles. The number of hydrogen-bond donors (Lipinski definition) is 0. The molecule has 0 aliphatic rings. The van der Waals surface area contributed by atoms with Crippen molar-refractivity contribution in [2.45, 2.75) is 0 Å². The van der Waals surface area contributed by atoms with Gasteiger partial charge in [0.25, 0.3) is 0 Å². The van der Waals surface area contributed by atoms with Gasteiger partial charge in [-0.1, -0.05) is 0 Å². The molecule has 0 amide bonds. The molecule has 0 spiro atoms. The van der Waals surface area contributed by atoms with Crippen molar-refractivity contribution in [2.75, 3.05) is 0 Å². The van der Waals surface area contributed by atoms with E-state index in [-0.39, 0.29) is 0 Å².